The maximum absolute atomic E-state index is 12.5. The largest absolute Gasteiger partial charge is 0.396 e. The lowest BCUT2D eigenvalue weighted by molar-refractivity contribution is -0.170. The van der Waals surface area contributed by atoms with Gasteiger partial charge in [-0.1, -0.05) is 20.3 Å². The predicted octanol–water partition coefficient (Wildman–Crippen LogP) is 1.04. The van der Waals surface area contributed by atoms with E-state index in [1.165, 1.54) is 0 Å². The standard InChI is InChI=1S/C16H30N2O3/c1-4-21-13-8-16(17,15(13,2)3)14(20)18-9-11-6-5-7-12(11)10-19/h11-13,19H,4-10,17H2,1-3H3,(H,18,20). The van der Waals surface area contributed by atoms with Gasteiger partial charge in [-0.2, -0.15) is 0 Å². The number of aliphatic hydroxyl groups excluding tert-OH is 1. The molecule has 0 saturated heterocycles. The number of nitrogens with two attached hydrogens (primary N) is 1. The predicted molar refractivity (Wildman–Crippen MR) is 81.7 cm³/mol. The van der Waals surface area contributed by atoms with Crippen LogP contribution in [-0.4, -0.2) is 42.4 Å². The Morgan fingerprint density at radius 3 is 2.62 bits per heavy atom. The van der Waals surface area contributed by atoms with Gasteiger partial charge in [-0.15, -0.1) is 0 Å². The summed E-state index contributed by atoms with van der Waals surface area (Å²) in [6.07, 6.45) is 3.90. The van der Waals surface area contributed by atoms with E-state index in [2.05, 4.69) is 5.32 Å². The van der Waals surface area contributed by atoms with Gasteiger partial charge in [-0.25, -0.2) is 0 Å². The van der Waals surface area contributed by atoms with Crippen molar-refractivity contribution in [1.82, 2.24) is 5.32 Å². The topological polar surface area (TPSA) is 84.6 Å². The molecule has 0 bridgehead atoms. The highest BCUT2D eigenvalue weighted by atomic mass is 16.5. The molecule has 0 radical (unpaired) electrons. The minimum atomic E-state index is -0.847. The van der Waals surface area contributed by atoms with Crippen LogP contribution in [0.25, 0.3) is 0 Å². The van der Waals surface area contributed by atoms with E-state index in [1.807, 2.05) is 20.8 Å². The molecule has 0 spiro atoms. The number of hydrogen-bond donors (Lipinski definition) is 3. The van der Waals surface area contributed by atoms with Crippen molar-refractivity contribution in [3.8, 4) is 0 Å². The van der Waals surface area contributed by atoms with Gasteiger partial charge in [0.05, 0.1) is 6.10 Å². The van der Waals surface area contributed by atoms with Crippen LogP contribution in [0.4, 0.5) is 0 Å². The lowest BCUT2D eigenvalue weighted by Crippen LogP contribution is -2.75. The van der Waals surface area contributed by atoms with E-state index < -0.39 is 5.54 Å². The van der Waals surface area contributed by atoms with Crippen molar-refractivity contribution in [2.45, 2.75) is 58.1 Å². The molecule has 0 aromatic carbocycles. The van der Waals surface area contributed by atoms with Crippen LogP contribution >= 0.6 is 0 Å². The number of nitrogens with one attached hydrogen (secondary N) is 1. The molecule has 2 aliphatic carbocycles. The minimum absolute atomic E-state index is 0.0509. The molecule has 4 N–H and O–H groups in total. The van der Waals surface area contributed by atoms with Crippen LogP contribution < -0.4 is 11.1 Å². The summed E-state index contributed by atoms with van der Waals surface area (Å²) in [6.45, 7) is 7.45. The van der Waals surface area contributed by atoms with Gasteiger partial charge in [0.15, 0.2) is 0 Å². The first-order chi connectivity index (χ1) is 9.86. The Morgan fingerprint density at radius 1 is 1.38 bits per heavy atom. The third kappa shape index (κ3) is 2.83. The number of rotatable bonds is 6. The summed E-state index contributed by atoms with van der Waals surface area (Å²) in [6, 6.07) is 0. The van der Waals surface area contributed by atoms with Gasteiger partial charge in [0, 0.05) is 31.6 Å². The van der Waals surface area contributed by atoms with E-state index in [-0.39, 0.29) is 24.0 Å². The van der Waals surface area contributed by atoms with E-state index in [9.17, 15) is 9.90 Å². The number of amides is 1. The Bertz CT molecular complexity index is 386. The van der Waals surface area contributed by atoms with Gasteiger partial charge in [-0.05, 0) is 31.6 Å². The van der Waals surface area contributed by atoms with Gasteiger partial charge >= 0.3 is 0 Å². The normalized spacial score (nSPS) is 38.0. The third-order valence-corrected chi connectivity index (χ3v) is 5.81. The zero-order valence-corrected chi connectivity index (χ0v) is 13.5. The summed E-state index contributed by atoms with van der Waals surface area (Å²) in [5, 5.41) is 12.4. The molecule has 0 aromatic rings. The first-order valence-corrected chi connectivity index (χ1v) is 8.16. The molecule has 2 rings (SSSR count). The first-order valence-electron chi connectivity index (χ1n) is 8.16. The smallest absolute Gasteiger partial charge is 0.240 e. The lowest BCUT2D eigenvalue weighted by Gasteiger charge is -2.57. The highest BCUT2D eigenvalue weighted by Crippen LogP contribution is 2.49. The Labute approximate surface area is 127 Å². The van der Waals surface area contributed by atoms with E-state index in [0.29, 0.717) is 31.4 Å². The maximum atomic E-state index is 12.5. The second kappa shape index (κ2) is 6.23. The number of carbonyl (C=O) groups is 1. The molecule has 2 aliphatic rings. The zero-order valence-electron chi connectivity index (χ0n) is 13.5. The monoisotopic (exact) mass is 298 g/mol. The van der Waals surface area contributed by atoms with Crippen molar-refractivity contribution >= 4 is 5.91 Å². The molecule has 1 amide bonds. The fraction of sp³-hybridized carbons (Fsp3) is 0.938. The number of ether oxygens (including phenoxy) is 1. The van der Waals surface area contributed by atoms with Crippen LogP contribution in [0.3, 0.4) is 0 Å². The van der Waals surface area contributed by atoms with Gasteiger partial charge in [-0.3, -0.25) is 4.79 Å². The van der Waals surface area contributed by atoms with Gasteiger partial charge in [0.1, 0.15) is 5.54 Å². The molecule has 5 nitrogen and oxygen atoms in total. The Balaban J connectivity index is 1.89. The van der Waals surface area contributed by atoms with Crippen LogP contribution in [0, 0.1) is 17.3 Å². The van der Waals surface area contributed by atoms with Crippen molar-refractivity contribution in [1.29, 1.82) is 0 Å². The summed E-state index contributed by atoms with van der Waals surface area (Å²) in [7, 11) is 0. The molecule has 2 saturated carbocycles. The second-order valence-electron chi connectivity index (χ2n) is 7.18. The number of carbonyl (C=O) groups excluding carboxylic acids is 1. The van der Waals surface area contributed by atoms with Crippen LogP contribution in [-0.2, 0) is 9.53 Å². The van der Waals surface area contributed by atoms with Crippen molar-refractivity contribution in [3.63, 3.8) is 0 Å². The first kappa shape index (κ1) is 16.7. The molecule has 0 aliphatic heterocycles. The minimum Gasteiger partial charge on any atom is -0.396 e. The third-order valence-electron chi connectivity index (χ3n) is 5.81. The quantitative estimate of drug-likeness (QED) is 0.684. The molecule has 5 heteroatoms. The summed E-state index contributed by atoms with van der Waals surface area (Å²) in [5.74, 6) is 0.630. The van der Waals surface area contributed by atoms with Crippen LogP contribution in [0.5, 0.6) is 0 Å². The lowest BCUT2D eigenvalue weighted by atomic mass is 9.54. The Morgan fingerprint density at radius 2 is 2.05 bits per heavy atom. The van der Waals surface area contributed by atoms with E-state index >= 15 is 0 Å². The zero-order chi connectivity index (χ0) is 15.7. The fourth-order valence-corrected chi connectivity index (χ4v) is 3.82. The summed E-state index contributed by atoms with van der Waals surface area (Å²) in [5.41, 5.74) is 5.16. The van der Waals surface area contributed by atoms with E-state index in [1.54, 1.807) is 0 Å². The molecule has 2 fully saturated rings. The molecule has 21 heavy (non-hydrogen) atoms. The number of hydrogen-bond acceptors (Lipinski definition) is 4. The summed E-state index contributed by atoms with van der Waals surface area (Å²) in [4.78, 5) is 12.5. The van der Waals surface area contributed by atoms with Crippen molar-refractivity contribution < 1.29 is 14.6 Å². The van der Waals surface area contributed by atoms with Crippen molar-refractivity contribution in [2.24, 2.45) is 23.0 Å². The average Bonchev–Trinajstić information content (AvgIpc) is 2.91. The van der Waals surface area contributed by atoms with Gasteiger partial charge < -0.3 is 20.9 Å². The molecule has 122 valence electrons. The van der Waals surface area contributed by atoms with Crippen molar-refractivity contribution in [2.75, 3.05) is 19.8 Å². The van der Waals surface area contributed by atoms with Gasteiger partial charge in [0.25, 0.3) is 0 Å². The van der Waals surface area contributed by atoms with Gasteiger partial charge in [0.2, 0.25) is 5.91 Å². The van der Waals surface area contributed by atoms with Crippen LogP contribution in [0.2, 0.25) is 0 Å². The van der Waals surface area contributed by atoms with E-state index in [4.69, 9.17) is 10.5 Å². The Kier molecular flexibility index (Phi) is 4.96. The molecule has 4 atom stereocenters. The average molecular weight is 298 g/mol. The van der Waals surface area contributed by atoms with Crippen LogP contribution in [0.15, 0.2) is 0 Å². The fourth-order valence-electron chi connectivity index (χ4n) is 3.82. The molecular formula is C16H30N2O3. The highest BCUT2D eigenvalue weighted by molar-refractivity contribution is 5.88. The SMILES string of the molecule is CCOC1CC(N)(C(=O)NCC2CCCC2CO)C1(C)C. The number of aliphatic hydroxyl groups is 1. The molecular weight excluding hydrogens is 268 g/mol. The molecule has 4 unspecified atom stereocenters. The molecule has 0 heterocycles. The highest BCUT2D eigenvalue weighted by Gasteiger charge is 2.62. The van der Waals surface area contributed by atoms with Crippen LogP contribution in [0.1, 0.15) is 46.5 Å². The summed E-state index contributed by atoms with van der Waals surface area (Å²) >= 11 is 0. The maximum Gasteiger partial charge on any atom is 0.240 e. The van der Waals surface area contributed by atoms with E-state index in [0.717, 1.165) is 19.3 Å². The van der Waals surface area contributed by atoms with Crippen molar-refractivity contribution in [3.05, 3.63) is 0 Å². The summed E-state index contributed by atoms with van der Waals surface area (Å²) < 4.78 is 5.66. The Hall–Kier alpha value is -0.650. The molecule has 0 aromatic heterocycles. The second-order valence-corrected chi connectivity index (χ2v) is 7.18.